The number of alkyl halides is 3. The van der Waals surface area contributed by atoms with Gasteiger partial charge in [0.05, 0.1) is 12.6 Å². The molecule has 28 heavy (non-hydrogen) atoms. The molecule has 0 radical (unpaired) electrons. The van der Waals surface area contributed by atoms with Crippen LogP contribution in [0, 0.1) is 17.6 Å². The van der Waals surface area contributed by atoms with Crippen molar-refractivity contribution in [1.29, 1.82) is 0 Å². The van der Waals surface area contributed by atoms with Gasteiger partial charge in [0, 0.05) is 18.0 Å². The summed E-state index contributed by atoms with van der Waals surface area (Å²) in [5.74, 6) is -3.91. The average Bonchev–Trinajstić information content (AvgIpc) is 3.27. The molecule has 2 saturated heterocycles. The first-order valence-electron chi connectivity index (χ1n) is 8.24. The Morgan fingerprint density at radius 1 is 1.32 bits per heavy atom. The Balaban J connectivity index is 1.88. The largest absolute Gasteiger partial charge is 0.414 e. The molecule has 0 saturated carbocycles. The zero-order valence-corrected chi connectivity index (χ0v) is 14.8. The molecule has 1 aromatic rings. The number of urea groups is 1. The SMILES string of the molecule is O=C1NCC(C(=O)N[C@@H](c2ccc(F)c(Cl)c2F)[C@@H]2CO[C@@H](C(F)(F)F)C2)N1. The van der Waals surface area contributed by atoms with Crippen molar-refractivity contribution >= 4 is 23.5 Å². The van der Waals surface area contributed by atoms with E-state index in [1.54, 1.807) is 0 Å². The summed E-state index contributed by atoms with van der Waals surface area (Å²) in [6.45, 7) is -0.449. The smallest absolute Gasteiger partial charge is 0.368 e. The summed E-state index contributed by atoms with van der Waals surface area (Å²) in [5, 5.41) is 6.28. The lowest BCUT2D eigenvalue weighted by atomic mass is 9.90. The van der Waals surface area contributed by atoms with Crippen LogP contribution in [0.4, 0.5) is 26.7 Å². The number of carbonyl (C=O) groups excluding carboxylic acids is 2. The van der Waals surface area contributed by atoms with Gasteiger partial charge in [-0.1, -0.05) is 17.7 Å². The van der Waals surface area contributed by atoms with E-state index in [-0.39, 0.29) is 12.1 Å². The maximum absolute atomic E-state index is 14.5. The normalized spacial score (nSPS) is 25.9. The average molecular weight is 428 g/mol. The maximum atomic E-state index is 14.5. The zero-order valence-electron chi connectivity index (χ0n) is 14.1. The van der Waals surface area contributed by atoms with Crippen molar-refractivity contribution in [3.63, 3.8) is 0 Å². The Morgan fingerprint density at radius 2 is 2.04 bits per heavy atom. The van der Waals surface area contributed by atoms with Gasteiger partial charge >= 0.3 is 12.2 Å². The van der Waals surface area contributed by atoms with Crippen molar-refractivity contribution < 1.29 is 36.3 Å². The first kappa shape index (κ1) is 20.6. The Morgan fingerprint density at radius 3 is 2.61 bits per heavy atom. The van der Waals surface area contributed by atoms with Crippen LogP contribution in [-0.2, 0) is 9.53 Å². The second-order valence-corrected chi connectivity index (χ2v) is 6.90. The van der Waals surface area contributed by atoms with Crippen LogP contribution in [0.2, 0.25) is 5.02 Å². The monoisotopic (exact) mass is 427 g/mol. The molecule has 12 heteroatoms. The number of amides is 3. The number of halogens is 6. The molecule has 2 aliphatic heterocycles. The lowest BCUT2D eigenvalue weighted by Gasteiger charge is -2.26. The third-order valence-electron chi connectivity index (χ3n) is 4.65. The Labute approximate surface area is 160 Å². The summed E-state index contributed by atoms with van der Waals surface area (Å²) in [6, 6.07) is -0.983. The van der Waals surface area contributed by atoms with E-state index in [1.165, 1.54) is 0 Å². The van der Waals surface area contributed by atoms with Gasteiger partial charge in [-0.3, -0.25) is 4.79 Å². The minimum absolute atomic E-state index is 0.0453. The first-order chi connectivity index (χ1) is 13.1. The second-order valence-electron chi connectivity index (χ2n) is 6.52. The summed E-state index contributed by atoms with van der Waals surface area (Å²) in [7, 11) is 0. The fourth-order valence-electron chi connectivity index (χ4n) is 3.21. The number of ether oxygens (including phenoxy) is 1. The Hall–Kier alpha value is -2.14. The fourth-order valence-corrected chi connectivity index (χ4v) is 3.38. The van der Waals surface area contributed by atoms with E-state index >= 15 is 0 Å². The predicted octanol–water partition coefficient (Wildman–Crippen LogP) is 2.42. The van der Waals surface area contributed by atoms with E-state index < -0.39 is 71.9 Å². The standard InChI is InChI=1S/C16H15ClF5N3O3/c17-11-8(18)2-1-7(12(11)19)13(6-3-10(28-5-6)16(20,21)22)25-14(26)9-4-23-15(27)24-9/h1-2,6,9-10,13H,3-5H2,(H,25,26)(H2,23,24,27)/t6-,9?,10+,13+/m0/s1. The predicted molar refractivity (Wildman–Crippen MR) is 86.5 cm³/mol. The molecule has 0 bridgehead atoms. The molecule has 4 atom stereocenters. The molecule has 3 rings (SSSR count). The highest BCUT2D eigenvalue weighted by Crippen LogP contribution is 2.40. The van der Waals surface area contributed by atoms with Gasteiger partial charge in [-0.05, 0) is 12.5 Å². The van der Waals surface area contributed by atoms with Crippen LogP contribution in [0.3, 0.4) is 0 Å². The molecule has 0 aliphatic carbocycles. The minimum Gasteiger partial charge on any atom is -0.368 e. The zero-order chi connectivity index (χ0) is 20.6. The van der Waals surface area contributed by atoms with Crippen molar-refractivity contribution in [2.75, 3.05) is 13.2 Å². The van der Waals surface area contributed by atoms with E-state index in [9.17, 15) is 31.5 Å². The van der Waals surface area contributed by atoms with Crippen molar-refractivity contribution in [2.24, 2.45) is 5.92 Å². The maximum Gasteiger partial charge on any atom is 0.414 e. The van der Waals surface area contributed by atoms with Gasteiger partial charge in [0.1, 0.15) is 22.7 Å². The highest BCUT2D eigenvalue weighted by molar-refractivity contribution is 6.31. The molecule has 3 N–H and O–H groups in total. The highest BCUT2D eigenvalue weighted by Gasteiger charge is 2.48. The minimum atomic E-state index is -4.62. The molecule has 3 amide bonds. The van der Waals surface area contributed by atoms with Crippen LogP contribution in [0.15, 0.2) is 12.1 Å². The molecular formula is C16H15ClF5N3O3. The van der Waals surface area contributed by atoms with Crippen molar-refractivity contribution in [1.82, 2.24) is 16.0 Å². The van der Waals surface area contributed by atoms with Crippen LogP contribution < -0.4 is 16.0 Å². The summed E-state index contributed by atoms with van der Waals surface area (Å²) in [4.78, 5) is 23.6. The van der Waals surface area contributed by atoms with E-state index in [1.807, 2.05) is 0 Å². The van der Waals surface area contributed by atoms with Crippen molar-refractivity contribution in [3.05, 3.63) is 34.4 Å². The summed E-state index contributed by atoms with van der Waals surface area (Å²) < 4.78 is 71.6. The van der Waals surface area contributed by atoms with E-state index in [0.717, 1.165) is 12.1 Å². The fraction of sp³-hybridized carbons (Fsp3) is 0.500. The molecule has 0 spiro atoms. The molecule has 2 heterocycles. The third kappa shape index (κ3) is 4.14. The quantitative estimate of drug-likeness (QED) is 0.510. The molecule has 1 aromatic carbocycles. The molecule has 6 nitrogen and oxygen atoms in total. The molecule has 154 valence electrons. The van der Waals surface area contributed by atoms with E-state index in [4.69, 9.17) is 16.3 Å². The number of carbonyl (C=O) groups is 2. The van der Waals surface area contributed by atoms with Crippen LogP contribution in [-0.4, -0.2) is 43.4 Å². The lowest BCUT2D eigenvalue weighted by Crippen LogP contribution is -2.46. The van der Waals surface area contributed by atoms with Crippen LogP contribution >= 0.6 is 11.6 Å². The van der Waals surface area contributed by atoms with Gasteiger partial charge in [-0.25, -0.2) is 13.6 Å². The number of hydrogen-bond acceptors (Lipinski definition) is 3. The highest BCUT2D eigenvalue weighted by atomic mass is 35.5. The lowest BCUT2D eigenvalue weighted by molar-refractivity contribution is -0.206. The van der Waals surface area contributed by atoms with Gasteiger partial charge < -0.3 is 20.7 Å². The summed E-state index contributed by atoms with van der Waals surface area (Å²) in [6.07, 6.45) is -7.21. The van der Waals surface area contributed by atoms with Gasteiger partial charge in [0.15, 0.2) is 6.10 Å². The summed E-state index contributed by atoms with van der Waals surface area (Å²) in [5.41, 5.74) is -0.270. The van der Waals surface area contributed by atoms with Gasteiger partial charge in [0.25, 0.3) is 0 Å². The van der Waals surface area contributed by atoms with Crippen LogP contribution in [0.1, 0.15) is 18.0 Å². The van der Waals surface area contributed by atoms with Crippen LogP contribution in [0.25, 0.3) is 0 Å². The van der Waals surface area contributed by atoms with Crippen molar-refractivity contribution in [2.45, 2.75) is 30.8 Å². The van der Waals surface area contributed by atoms with Crippen molar-refractivity contribution in [3.8, 4) is 0 Å². The number of benzene rings is 1. The number of nitrogens with one attached hydrogen (secondary N) is 3. The third-order valence-corrected chi connectivity index (χ3v) is 5.00. The number of hydrogen-bond donors (Lipinski definition) is 3. The Bertz CT molecular complexity index is 792. The van der Waals surface area contributed by atoms with Gasteiger partial charge in [0.2, 0.25) is 5.91 Å². The van der Waals surface area contributed by atoms with Crippen LogP contribution in [0.5, 0.6) is 0 Å². The molecule has 1 unspecified atom stereocenters. The van der Waals surface area contributed by atoms with Gasteiger partial charge in [-0.2, -0.15) is 13.2 Å². The number of rotatable bonds is 4. The molecule has 0 aromatic heterocycles. The molecule has 2 aliphatic rings. The van der Waals surface area contributed by atoms with E-state index in [0.29, 0.717) is 0 Å². The van der Waals surface area contributed by atoms with E-state index in [2.05, 4.69) is 16.0 Å². The van der Waals surface area contributed by atoms with Gasteiger partial charge in [-0.15, -0.1) is 0 Å². The Kier molecular flexibility index (Phi) is 5.67. The topological polar surface area (TPSA) is 79.5 Å². The molecule has 2 fully saturated rings. The summed E-state index contributed by atoms with van der Waals surface area (Å²) >= 11 is 5.58. The first-order valence-corrected chi connectivity index (χ1v) is 8.62. The molecular weight excluding hydrogens is 413 g/mol. The second kappa shape index (κ2) is 7.70.